The Morgan fingerprint density at radius 2 is 0.636 bits per heavy atom. The van der Waals surface area contributed by atoms with Crippen molar-refractivity contribution in [2.24, 2.45) is 0 Å². The molecule has 1 rings (SSSR count). The van der Waals surface area contributed by atoms with Gasteiger partial charge in [-0.3, -0.25) is 9.59 Å². The second-order valence-corrected chi connectivity index (χ2v) is 12.9. The average molecular weight is 617 g/mol. The third-order valence-corrected chi connectivity index (χ3v) is 8.30. The first-order valence-electron chi connectivity index (χ1n) is 18.8. The molecule has 1 aromatic carbocycles. The lowest BCUT2D eigenvalue weighted by Crippen LogP contribution is -2.13. The van der Waals surface area contributed by atoms with Gasteiger partial charge in [0, 0.05) is 12.8 Å². The number of ether oxygens (including phenoxy) is 2. The van der Waals surface area contributed by atoms with Gasteiger partial charge in [-0.05, 0) is 26.7 Å². The summed E-state index contributed by atoms with van der Waals surface area (Å²) in [7, 11) is 0. The maximum atomic E-state index is 11.8. The SMILES string of the molecule is CCCCCCCCCCCCCCC(=O)OCCOC(=O)CCCCCCCCCCCCCC.Cc1ccc(C)cc1. The van der Waals surface area contributed by atoms with Crippen LogP contribution in [-0.4, -0.2) is 25.2 Å². The van der Waals surface area contributed by atoms with Crippen LogP contribution < -0.4 is 0 Å². The van der Waals surface area contributed by atoms with Crippen molar-refractivity contribution < 1.29 is 19.1 Å². The van der Waals surface area contributed by atoms with Crippen LogP contribution in [0.25, 0.3) is 0 Å². The molecule has 0 unspecified atom stereocenters. The normalized spacial score (nSPS) is 10.7. The van der Waals surface area contributed by atoms with E-state index in [2.05, 4.69) is 52.0 Å². The largest absolute Gasteiger partial charge is 0.462 e. The van der Waals surface area contributed by atoms with E-state index in [1.807, 2.05) is 0 Å². The van der Waals surface area contributed by atoms with E-state index in [4.69, 9.17) is 9.47 Å². The second kappa shape index (κ2) is 34.0. The Hall–Kier alpha value is -1.84. The molecule has 0 heterocycles. The van der Waals surface area contributed by atoms with Crippen LogP contribution in [0.1, 0.15) is 192 Å². The predicted octanol–water partition coefficient (Wildman–Crippen LogP) is 12.6. The zero-order valence-electron chi connectivity index (χ0n) is 29.7. The standard InChI is InChI=1S/C32H62O4.C8H10/c1-3-5-7-9-11-13-15-17-19-21-23-25-27-31(33)35-29-30-36-32(34)28-26-24-22-20-18-16-14-12-10-8-6-4-2;1-7-3-5-8(2)6-4-7/h3-30H2,1-2H3;3-6H,1-2H3. The highest BCUT2D eigenvalue weighted by atomic mass is 16.6. The van der Waals surface area contributed by atoms with Gasteiger partial charge in [0.1, 0.15) is 13.2 Å². The van der Waals surface area contributed by atoms with Gasteiger partial charge in [-0.2, -0.15) is 0 Å². The molecular weight excluding hydrogens is 544 g/mol. The van der Waals surface area contributed by atoms with Gasteiger partial charge in [-0.1, -0.05) is 190 Å². The third-order valence-electron chi connectivity index (χ3n) is 8.30. The first-order chi connectivity index (χ1) is 21.5. The first kappa shape index (κ1) is 42.2. The molecule has 0 aromatic heterocycles. The number of unbranched alkanes of at least 4 members (excludes halogenated alkanes) is 22. The quantitative estimate of drug-likeness (QED) is 0.0663. The maximum absolute atomic E-state index is 11.8. The minimum Gasteiger partial charge on any atom is -0.462 e. The van der Waals surface area contributed by atoms with Gasteiger partial charge >= 0.3 is 11.9 Å². The summed E-state index contributed by atoms with van der Waals surface area (Å²) in [6.07, 6.45) is 31.8. The Bertz CT molecular complexity index is 679. The highest BCUT2D eigenvalue weighted by molar-refractivity contribution is 5.70. The van der Waals surface area contributed by atoms with Crippen LogP contribution in [0.2, 0.25) is 0 Å². The van der Waals surface area contributed by atoms with Crippen molar-refractivity contribution in [2.45, 2.75) is 195 Å². The lowest BCUT2D eigenvalue weighted by atomic mass is 10.0. The molecule has 0 atom stereocenters. The predicted molar refractivity (Wildman–Crippen MR) is 189 cm³/mol. The summed E-state index contributed by atoms with van der Waals surface area (Å²) in [5, 5.41) is 0. The lowest BCUT2D eigenvalue weighted by Gasteiger charge is -2.07. The van der Waals surface area contributed by atoms with Gasteiger partial charge in [-0.25, -0.2) is 0 Å². The van der Waals surface area contributed by atoms with Crippen molar-refractivity contribution in [3.8, 4) is 0 Å². The van der Waals surface area contributed by atoms with Crippen LogP contribution >= 0.6 is 0 Å². The molecule has 0 saturated carbocycles. The van der Waals surface area contributed by atoms with Gasteiger partial charge in [0.2, 0.25) is 0 Å². The number of carbonyl (C=O) groups is 2. The summed E-state index contributed by atoms with van der Waals surface area (Å²) in [6, 6.07) is 8.48. The van der Waals surface area contributed by atoms with Crippen molar-refractivity contribution in [2.75, 3.05) is 13.2 Å². The minimum absolute atomic E-state index is 0.168. The molecule has 4 nitrogen and oxygen atoms in total. The summed E-state index contributed by atoms with van der Waals surface area (Å²) in [5.41, 5.74) is 2.66. The molecule has 0 spiro atoms. The Kier molecular flexibility index (Phi) is 32.6. The molecule has 0 fully saturated rings. The number of carbonyl (C=O) groups excluding carboxylic acids is 2. The number of aryl methyl sites for hydroxylation is 2. The Morgan fingerprint density at radius 1 is 0.409 bits per heavy atom. The van der Waals surface area contributed by atoms with E-state index in [1.54, 1.807) is 0 Å². The summed E-state index contributed by atoms with van der Waals surface area (Å²) in [6.45, 7) is 9.08. The van der Waals surface area contributed by atoms with Gasteiger partial charge in [0.05, 0.1) is 0 Å². The number of hydrogen-bond acceptors (Lipinski definition) is 4. The molecule has 0 aliphatic heterocycles. The summed E-state index contributed by atoms with van der Waals surface area (Å²) >= 11 is 0. The van der Waals surface area contributed by atoms with Gasteiger partial charge in [0.15, 0.2) is 0 Å². The van der Waals surface area contributed by atoms with Crippen molar-refractivity contribution >= 4 is 11.9 Å². The van der Waals surface area contributed by atoms with Gasteiger partial charge in [-0.15, -0.1) is 0 Å². The van der Waals surface area contributed by atoms with Crippen LogP contribution in [0.15, 0.2) is 24.3 Å². The maximum Gasteiger partial charge on any atom is 0.305 e. The summed E-state index contributed by atoms with van der Waals surface area (Å²) in [4.78, 5) is 23.6. The van der Waals surface area contributed by atoms with Crippen LogP contribution in [0.3, 0.4) is 0 Å². The Morgan fingerprint density at radius 3 is 0.886 bits per heavy atom. The zero-order valence-corrected chi connectivity index (χ0v) is 29.7. The van der Waals surface area contributed by atoms with Gasteiger partial charge in [0.25, 0.3) is 0 Å². The van der Waals surface area contributed by atoms with E-state index in [0.717, 1.165) is 25.7 Å². The smallest absolute Gasteiger partial charge is 0.305 e. The van der Waals surface area contributed by atoms with Crippen LogP contribution in [0.4, 0.5) is 0 Å². The number of benzene rings is 1. The molecule has 0 saturated heterocycles. The molecule has 0 bridgehead atoms. The molecule has 0 radical (unpaired) electrons. The van der Waals surface area contributed by atoms with Crippen molar-refractivity contribution in [1.82, 2.24) is 0 Å². The molecule has 1 aromatic rings. The van der Waals surface area contributed by atoms with Crippen molar-refractivity contribution in [3.63, 3.8) is 0 Å². The molecule has 44 heavy (non-hydrogen) atoms. The van der Waals surface area contributed by atoms with Crippen LogP contribution in [-0.2, 0) is 19.1 Å². The van der Waals surface area contributed by atoms with Crippen LogP contribution in [0, 0.1) is 13.8 Å². The average Bonchev–Trinajstić information content (AvgIpc) is 3.02. The lowest BCUT2D eigenvalue weighted by molar-refractivity contribution is -0.152. The Balaban J connectivity index is 0.00000198. The fourth-order valence-corrected chi connectivity index (χ4v) is 5.31. The fraction of sp³-hybridized carbons (Fsp3) is 0.800. The van der Waals surface area contributed by atoms with E-state index in [0.29, 0.717) is 12.8 Å². The minimum atomic E-state index is -0.168. The molecule has 0 amide bonds. The number of rotatable bonds is 29. The molecule has 0 N–H and O–H groups in total. The fourth-order valence-electron chi connectivity index (χ4n) is 5.31. The van der Waals surface area contributed by atoms with Crippen molar-refractivity contribution in [1.29, 1.82) is 0 Å². The van der Waals surface area contributed by atoms with Gasteiger partial charge < -0.3 is 9.47 Å². The molecule has 256 valence electrons. The van der Waals surface area contributed by atoms with E-state index >= 15 is 0 Å². The summed E-state index contributed by atoms with van der Waals surface area (Å²) < 4.78 is 10.4. The van der Waals surface area contributed by atoms with Crippen molar-refractivity contribution in [3.05, 3.63) is 35.4 Å². The van der Waals surface area contributed by atoms with Crippen LogP contribution in [0.5, 0.6) is 0 Å². The summed E-state index contributed by atoms with van der Waals surface area (Å²) in [5.74, 6) is -0.335. The molecule has 4 heteroatoms. The Labute approximate surface area is 273 Å². The highest BCUT2D eigenvalue weighted by Gasteiger charge is 2.06. The monoisotopic (exact) mass is 617 g/mol. The second-order valence-electron chi connectivity index (χ2n) is 12.9. The number of hydrogen-bond donors (Lipinski definition) is 0. The highest BCUT2D eigenvalue weighted by Crippen LogP contribution is 2.14. The van der Waals surface area contributed by atoms with E-state index in [1.165, 1.54) is 140 Å². The first-order valence-corrected chi connectivity index (χ1v) is 18.8. The van der Waals surface area contributed by atoms with E-state index in [9.17, 15) is 9.59 Å². The topological polar surface area (TPSA) is 52.6 Å². The zero-order chi connectivity index (χ0) is 32.4. The molecular formula is C40H72O4. The third kappa shape index (κ3) is 33.1. The number of esters is 2. The van der Waals surface area contributed by atoms with E-state index < -0.39 is 0 Å². The molecule has 0 aliphatic rings. The van der Waals surface area contributed by atoms with E-state index in [-0.39, 0.29) is 25.2 Å². The molecule has 0 aliphatic carbocycles.